The lowest BCUT2D eigenvalue weighted by molar-refractivity contribution is -0.112. The topological polar surface area (TPSA) is 81.2 Å². The second kappa shape index (κ2) is 6.45. The van der Waals surface area contributed by atoms with E-state index < -0.39 is 0 Å². The quantitative estimate of drug-likeness (QED) is 0.569. The number of carbonyl (C=O) groups is 1. The maximum absolute atomic E-state index is 11.9. The summed E-state index contributed by atoms with van der Waals surface area (Å²) < 4.78 is 11.1. The number of hydrogen-bond acceptors (Lipinski definition) is 5. The number of nitrogens with zero attached hydrogens (tertiary/aromatic N) is 2. The lowest BCUT2D eigenvalue weighted by Gasteiger charge is -1.94. The molecule has 1 amide bonds. The van der Waals surface area contributed by atoms with Crippen LogP contribution < -0.4 is 5.32 Å². The van der Waals surface area contributed by atoms with E-state index in [9.17, 15) is 4.79 Å². The van der Waals surface area contributed by atoms with Gasteiger partial charge in [0.1, 0.15) is 5.58 Å². The van der Waals surface area contributed by atoms with Gasteiger partial charge in [-0.3, -0.25) is 10.1 Å². The summed E-state index contributed by atoms with van der Waals surface area (Å²) in [6, 6.07) is 18.9. The van der Waals surface area contributed by atoms with Crippen LogP contribution in [0.1, 0.15) is 5.56 Å². The Morgan fingerprint density at radius 1 is 0.960 bits per heavy atom. The maximum atomic E-state index is 11.9. The Kier molecular flexibility index (Phi) is 3.84. The largest absolute Gasteiger partial charge is 0.451 e. The molecule has 2 heterocycles. The maximum Gasteiger partial charge on any atom is 0.322 e. The highest BCUT2D eigenvalue weighted by Crippen LogP contribution is 2.27. The van der Waals surface area contributed by atoms with Crippen molar-refractivity contribution in [3.8, 4) is 11.7 Å². The van der Waals surface area contributed by atoms with E-state index in [-0.39, 0.29) is 17.8 Å². The summed E-state index contributed by atoms with van der Waals surface area (Å²) in [6.45, 7) is 0. The fourth-order valence-corrected chi connectivity index (χ4v) is 2.34. The van der Waals surface area contributed by atoms with Gasteiger partial charge in [0.15, 0.2) is 5.76 Å². The van der Waals surface area contributed by atoms with Crippen LogP contribution in [-0.2, 0) is 4.79 Å². The molecule has 0 aliphatic carbocycles. The molecule has 25 heavy (non-hydrogen) atoms. The van der Waals surface area contributed by atoms with Crippen molar-refractivity contribution in [1.29, 1.82) is 0 Å². The highest BCUT2D eigenvalue weighted by molar-refractivity contribution is 6.00. The van der Waals surface area contributed by atoms with E-state index in [1.807, 2.05) is 60.7 Å². The Balaban J connectivity index is 1.47. The molecule has 1 N–H and O–H groups in total. The molecule has 2 aromatic heterocycles. The van der Waals surface area contributed by atoms with Gasteiger partial charge in [0.05, 0.1) is 0 Å². The van der Waals surface area contributed by atoms with Crippen LogP contribution in [0.25, 0.3) is 28.7 Å². The summed E-state index contributed by atoms with van der Waals surface area (Å²) in [4.78, 5) is 11.9. The predicted octanol–water partition coefficient (Wildman–Crippen LogP) is 4.13. The third-order valence-corrected chi connectivity index (χ3v) is 3.52. The van der Waals surface area contributed by atoms with Gasteiger partial charge in [-0.25, -0.2) is 0 Å². The molecule has 122 valence electrons. The summed E-state index contributed by atoms with van der Waals surface area (Å²) in [6.07, 6.45) is 3.10. The Hall–Kier alpha value is -3.67. The molecule has 0 unspecified atom stereocenters. The molecule has 0 spiro atoms. The number of fused-ring (bicyclic) bond motifs is 1. The van der Waals surface area contributed by atoms with Crippen molar-refractivity contribution in [3.05, 3.63) is 72.3 Å². The van der Waals surface area contributed by atoms with Crippen molar-refractivity contribution in [2.24, 2.45) is 0 Å². The Labute approximate surface area is 142 Å². The van der Waals surface area contributed by atoms with Gasteiger partial charge in [-0.2, -0.15) is 0 Å². The molecule has 0 fully saturated rings. The van der Waals surface area contributed by atoms with Gasteiger partial charge in [0.2, 0.25) is 0 Å². The van der Waals surface area contributed by atoms with Crippen LogP contribution in [0.15, 0.2) is 75.6 Å². The normalized spacial score (nSPS) is 11.2. The molecule has 0 saturated carbocycles. The van der Waals surface area contributed by atoms with Crippen molar-refractivity contribution in [3.63, 3.8) is 0 Å². The minimum absolute atomic E-state index is 0.0122. The van der Waals surface area contributed by atoms with Crippen molar-refractivity contribution < 1.29 is 13.6 Å². The summed E-state index contributed by atoms with van der Waals surface area (Å²) >= 11 is 0. The monoisotopic (exact) mass is 331 g/mol. The first-order chi connectivity index (χ1) is 12.3. The highest BCUT2D eigenvalue weighted by atomic mass is 16.4. The summed E-state index contributed by atoms with van der Waals surface area (Å²) in [7, 11) is 0. The van der Waals surface area contributed by atoms with Gasteiger partial charge in [-0.05, 0) is 23.8 Å². The standard InChI is InChI=1S/C19H13N3O3/c23-17(11-10-13-6-2-1-3-7-13)20-19-22-21-18(25-19)16-12-14-8-4-5-9-15(14)24-16/h1-12H,(H,20,22,23). The van der Waals surface area contributed by atoms with Crippen molar-refractivity contribution in [2.75, 3.05) is 5.32 Å². The molecule has 0 aliphatic rings. The molecule has 0 radical (unpaired) electrons. The van der Waals surface area contributed by atoms with E-state index in [0.717, 1.165) is 16.5 Å². The van der Waals surface area contributed by atoms with Crippen LogP contribution in [0, 0.1) is 0 Å². The number of amides is 1. The minimum Gasteiger partial charge on any atom is -0.451 e. The molecule has 6 heteroatoms. The lowest BCUT2D eigenvalue weighted by Crippen LogP contribution is -2.07. The first-order valence-electron chi connectivity index (χ1n) is 7.64. The Morgan fingerprint density at radius 3 is 2.60 bits per heavy atom. The number of rotatable bonds is 4. The van der Waals surface area contributed by atoms with E-state index >= 15 is 0 Å². The van der Waals surface area contributed by atoms with Crippen LogP contribution in [0.3, 0.4) is 0 Å². The van der Waals surface area contributed by atoms with E-state index in [0.29, 0.717) is 5.76 Å². The third kappa shape index (κ3) is 3.32. The Bertz CT molecular complexity index is 1010. The van der Waals surface area contributed by atoms with Gasteiger partial charge in [-0.1, -0.05) is 53.6 Å². The van der Waals surface area contributed by atoms with Crippen molar-refractivity contribution in [1.82, 2.24) is 10.2 Å². The predicted molar refractivity (Wildman–Crippen MR) is 93.6 cm³/mol. The van der Waals surface area contributed by atoms with Gasteiger partial charge in [0, 0.05) is 11.5 Å². The van der Waals surface area contributed by atoms with Crippen molar-refractivity contribution in [2.45, 2.75) is 0 Å². The van der Waals surface area contributed by atoms with Crippen LogP contribution in [-0.4, -0.2) is 16.1 Å². The summed E-state index contributed by atoms with van der Waals surface area (Å²) in [5.74, 6) is 0.302. The Morgan fingerprint density at radius 2 is 1.76 bits per heavy atom. The number of aromatic nitrogens is 2. The number of furan rings is 1. The lowest BCUT2D eigenvalue weighted by atomic mass is 10.2. The number of anilines is 1. The first-order valence-corrected chi connectivity index (χ1v) is 7.64. The number of carbonyl (C=O) groups excluding carboxylic acids is 1. The smallest absolute Gasteiger partial charge is 0.322 e. The zero-order valence-corrected chi connectivity index (χ0v) is 13.0. The molecule has 2 aromatic carbocycles. The molecule has 4 rings (SSSR count). The molecular weight excluding hydrogens is 318 g/mol. The fraction of sp³-hybridized carbons (Fsp3) is 0. The average Bonchev–Trinajstić information content (AvgIpc) is 3.27. The molecule has 0 aliphatic heterocycles. The van der Waals surface area contributed by atoms with E-state index in [1.165, 1.54) is 6.08 Å². The van der Waals surface area contributed by atoms with Gasteiger partial charge in [0.25, 0.3) is 11.8 Å². The van der Waals surface area contributed by atoms with Crippen LogP contribution in [0.2, 0.25) is 0 Å². The number of nitrogens with one attached hydrogen (secondary N) is 1. The second-order valence-electron chi connectivity index (χ2n) is 5.29. The number of hydrogen-bond donors (Lipinski definition) is 1. The van der Waals surface area contributed by atoms with Crippen LogP contribution >= 0.6 is 0 Å². The van der Waals surface area contributed by atoms with E-state index in [2.05, 4.69) is 15.5 Å². The summed E-state index contributed by atoms with van der Waals surface area (Å²) in [5.41, 5.74) is 1.65. The summed E-state index contributed by atoms with van der Waals surface area (Å²) in [5, 5.41) is 11.2. The minimum atomic E-state index is -0.358. The number of benzene rings is 2. The fourth-order valence-electron chi connectivity index (χ4n) is 2.34. The van der Waals surface area contributed by atoms with Crippen LogP contribution in [0.5, 0.6) is 0 Å². The number of para-hydroxylation sites is 1. The van der Waals surface area contributed by atoms with E-state index in [1.54, 1.807) is 6.08 Å². The van der Waals surface area contributed by atoms with Crippen LogP contribution in [0.4, 0.5) is 6.01 Å². The van der Waals surface area contributed by atoms with E-state index in [4.69, 9.17) is 8.83 Å². The molecule has 0 saturated heterocycles. The highest BCUT2D eigenvalue weighted by Gasteiger charge is 2.14. The zero-order chi connectivity index (χ0) is 17.1. The van der Waals surface area contributed by atoms with Gasteiger partial charge >= 0.3 is 6.01 Å². The average molecular weight is 331 g/mol. The molecular formula is C19H13N3O3. The van der Waals surface area contributed by atoms with Gasteiger partial charge < -0.3 is 8.83 Å². The van der Waals surface area contributed by atoms with Gasteiger partial charge in [-0.15, -0.1) is 5.10 Å². The first kappa shape index (κ1) is 14.9. The molecule has 4 aromatic rings. The molecule has 0 atom stereocenters. The molecule has 0 bridgehead atoms. The third-order valence-electron chi connectivity index (χ3n) is 3.52. The zero-order valence-electron chi connectivity index (χ0n) is 13.0. The molecule has 6 nitrogen and oxygen atoms in total. The van der Waals surface area contributed by atoms with Crippen molar-refractivity contribution >= 4 is 29.0 Å². The second-order valence-corrected chi connectivity index (χ2v) is 5.29. The SMILES string of the molecule is O=C(C=Cc1ccccc1)Nc1nnc(-c2cc3ccccc3o2)o1.